The molecular weight excluding hydrogens is 164 g/mol. The Morgan fingerprint density at radius 3 is 2.08 bits per heavy atom. The second-order valence-corrected chi connectivity index (χ2v) is 3.74. The van der Waals surface area contributed by atoms with E-state index in [0.717, 1.165) is 32.1 Å². The normalized spacial score (nSPS) is 13.2. The molecule has 0 heterocycles. The quantitative estimate of drug-likeness (QED) is 0.662. The van der Waals surface area contributed by atoms with Crippen molar-refractivity contribution in [2.24, 2.45) is 11.8 Å². The van der Waals surface area contributed by atoms with E-state index in [9.17, 15) is 4.79 Å². The maximum Gasteiger partial charge on any atom is 0.306 e. The molecule has 0 spiro atoms. The van der Waals surface area contributed by atoms with E-state index in [2.05, 4.69) is 13.8 Å². The summed E-state index contributed by atoms with van der Waals surface area (Å²) in [5.74, 6) is -0.142. The minimum Gasteiger partial charge on any atom is -0.481 e. The van der Waals surface area contributed by atoms with Crippen molar-refractivity contribution in [3.8, 4) is 0 Å². The zero-order valence-electron chi connectivity index (χ0n) is 9.05. The summed E-state index contributed by atoms with van der Waals surface area (Å²) in [6.07, 6.45) is 4.85. The fourth-order valence-electron chi connectivity index (χ4n) is 1.71. The summed E-state index contributed by atoms with van der Waals surface area (Å²) >= 11 is 0. The summed E-state index contributed by atoms with van der Waals surface area (Å²) in [5, 5.41) is 8.94. The molecule has 2 nitrogen and oxygen atoms in total. The van der Waals surface area contributed by atoms with E-state index in [1.165, 1.54) is 0 Å². The van der Waals surface area contributed by atoms with Gasteiger partial charge in [-0.1, -0.05) is 40.0 Å². The molecule has 13 heavy (non-hydrogen) atoms. The van der Waals surface area contributed by atoms with Crippen LogP contribution in [0.4, 0.5) is 0 Å². The second-order valence-electron chi connectivity index (χ2n) is 3.74. The molecule has 0 aliphatic carbocycles. The maximum absolute atomic E-state index is 10.9. The highest BCUT2D eigenvalue weighted by molar-refractivity contribution is 5.69. The highest BCUT2D eigenvalue weighted by Gasteiger charge is 2.19. The molecular formula is C11H22O2. The van der Waals surface area contributed by atoms with Crippen LogP contribution in [0.2, 0.25) is 0 Å². The predicted octanol–water partition coefficient (Wildman–Crippen LogP) is 3.31. The van der Waals surface area contributed by atoms with Crippen LogP contribution in [-0.4, -0.2) is 11.1 Å². The van der Waals surface area contributed by atoms with Crippen LogP contribution >= 0.6 is 0 Å². The van der Waals surface area contributed by atoms with Crippen molar-refractivity contribution in [3.63, 3.8) is 0 Å². The van der Waals surface area contributed by atoms with Gasteiger partial charge in [0.1, 0.15) is 0 Å². The Bertz CT molecular complexity index is 139. The molecule has 1 N–H and O–H groups in total. The van der Waals surface area contributed by atoms with E-state index in [1.807, 2.05) is 6.92 Å². The van der Waals surface area contributed by atoms with E-state index in [4.69, 9.17) is 5.11 Å². The molecule has 0 aromatic carbocycles. The molecule has 0 bridgehead atoms. The molecule has 0 saturated heterocycles. The van der Waals surface area contributed by atoms with Gasteiger partial charge in [-0.25, -0.2) is 0 Å². The van der Waals surface area contributed by atoms with Crippen molar-refractivity contribution < 1.29 is 9.90 Å². The number of hydrogen-bond acceptors (Lipinski definition) is 1. The highest BCUT2D eigenvalue weighted by Crippen LogP contribution is 2.22. The topological polar surface area (TPSA) is 37.3 Å². The summed E-state index contributed by atoms with van der Waals surface area (Å²) in [4.78, 5) is 10.9. The van der Waals surface area contributed by atoms with Gasteiger partial charge >= 0.3 is 5.97 Å². The fraction of sp³-hybridized carbons (Fsp3) is 0.909. The predicted molar refractivity (Wildman–Crippen MR) is 54.7 cm³/mol. The average Bonchev–Trinajstić information content (AvgIpc) is 2.11. The highest BCUT2D eigenvalue weighted by atomic mass is 16.4. The van der Waals surface area contributed by atoms with Gasteiger partial charge in [0.25, 0.3) is 0 Å². The van der Waals surface area contributed by atoms with E-state index in [-0.39, 0.29) is 5.92 Å². The van der Waals surface area contributed by atoms with Gasteiger partial charge in [0.15, 0.2) is 0 Å². The van der Waals surface area contributed by atoms with Crippen LogP contribution in [-0.2, 0) is 4.79 Å². The number of carboxylic acid groups (broad SMARTS) is 1. The van der Waals surface area contributed by atoms with Gasteiger partial charge < -0.3 is 5.11 Å². The van der Waals surface area contributed by atoms with Crippen LogP contribution in [0, 0.1) is 11.8 Å². The number of carbonyl (C=O) groups is 1. The van der Waals surface area contributed by atoms with Crippen LogP contribution in [0.3, 0.4) is 0 Å². The molecule has 0 aromatic rings. The average molecular weight is 186 g/mol. The van der Waals surface area contributed by atoms with Crippen molar-refractivity contribution >= 4 is 5.97 Å². The van der Waals surface area contributed by atoms with Gasteiger partial charge in [0, 0.05) is 0 Å². The zero-order valence-corrected chi connectivity index (χ0v) is 9.05. The van der Waals surface area contributed by atoms with E-state index in [0.29, 0.717) is 5.92 Å². The van der Waals surface area contributed by atoms with Crippen molar-refractivity contribution in [2.45, 2.75) is 52.9 Å². The third kappa shape index (κ3) is 4.91. The lowest BCUT2D eigenvalue weighted by Gasteiger charge is -2.17. The zero-order chi connectivity index (χ0) is 10.3. The van der Waals surface area contributed by atoms with Crippen molar-refractivity contribution in [1.29, 1.82) is 0 Å². The van der Waals surface area contributed by atoms with E-state index in [1.54, 1.807) is 0 Å². The molecule has 0 aliphatic rings. The molecule has 2 heteroatoms. The fourth-order valence-corrected chi connectivity index (χ4v) is 1.71. The number of hydrogen-bond donors (Lipinski definition) is 1. The lowest BCUT2D eigenvalue weighted by molar-refractivity contribution is -0.142. The minimum absolute atomic E-state index is 0.116. The summed E-state index contributed by atoms with van der Waals surface area (Å²) in [6.45, 7) is 6.32. The Labute approximate surface area is 81.3 Å². The van der Waals surface area contributed by atoms with Crippen LogP contribution < -0.4 is 0 Å². The molecule has 1 unspecified atom stereocenters. The van der Waals surface area contributed by atoms with Gasteiger partial charge in [0.2, 0.25) is 0 Å². The Hall–Kier alpha value is -0.530. The van der Waals surface area contributed by atoms with Gasteiger partial charge in [-0.15, -0.1) is 0 Å². The first-order valence-electron chi connectivity index (χ1n) is 5.38. The molecule has 1 atom stereocenters. The molecule has 0 amide bonds. The van der Waals surface area contributed by atoms with Crippen molar-refractivity contribution in [3.05, 3.63) is 0 Å². The number of rotatable bonds is 7. The first-order valence-corrected chi connectivity index (χ1v) is 5.38. The smallest absolute Gasteiger partial charge is 0.306 e. The molecule has 0 rings (SSSR count). The third-order valence-electron chi connectivity index (χ3n) is 2.76. The monoisotopic (exact) mass is 186 g/mol. The van der Waals surface area contributed by atoms with Gasteiger partial charge in [-0.05, 0) is 18.8 Å². The van der Waals surface area contributed by atoms with Gasteiger partial charge in [-0.2, -0.15) is 0 Å². The third-order valence-corrected chi connectivity index (χ3v) is 2.76. The van der Waals surface area contributed by atoms with Crippen LogP contribution in [0.25, 0.3) is 0 Å². The molecule has 0 radical (unpaired) electrons. The SMILES string of the molecule is CCCC(CC(CC)CC)C(=O)O. The van der Waals surface area contributed by atoms with E-state index >= 15 is 0 Å². The number of carboxylic acids is 1. The van der Waals surface area contributed by atoms with Crippen molar-refractivity contribution in [2.75, 3.05) is 0 Å². The van der Waals surface area contributed by atoms with Crippen LogP contribution in [0.15, 0.2) is 0 Å². The van der Waals surface area contributed by atoms with E-state index < -0.39 is 5.97 Å². The Morgan fingerprint density at radius 2 is 1.77 bits per heavy atom. The summed E-state index contributed by atoms with van der Waals surface area (Å²) < 4.78 is 0. The lowest BCUT2D eigenvalue weighted by Crippen LogP contribution is -2.17. The largest absolute Gasteiger partial charge is 0.481 e. The molecule has 0 aliphatic heterocycles. The Balaban J connectivity index is 3.99. The van der Waals surface area contributed by atoms with Crippen molar-refractivity contribution in [1.82, 2.24) is 0 Å². The molecule has 0 aromatic heterocycles. The summed E-state index contributed by atoms with van der Waals surface area (Å²) in [6, 6.07) is 0. The maximum atomic E-state index is 10.9. The summed E-state index contributed by atoms with van der Waals surface area (Å²) in [7, 11) is 0. The second kappa shape index (κ2) is 6.93. The van der Waals surface area contributed by atoms with Crippen LogP contribution in [0.1, 0.15) is 52.9 Å². The Morgan fingerprint density at radius 1 is 1.23 bits per heavy atom. The molecule has 0 fully saturated rings. The minimum atomic E-state index is -0.617. The first-order chi connectivity index (χ1) is 6.15. The standard InChI is InChI=1S/C11H22O2/c1-4-7-10(11(12)13)8-9(5-2)6-3/h9-10H,4-8H2,1-3H3,(H,12,13). The lowest BCUT2D eigenvalue weighted by atomic mass is 9.88. The summed E-state index contributed by atoms with van der Waals surface area (Å²) in [5.41, 5.74) is 0. The van der Waals surface area contributed by atoms with Gasteiger partial charge in [-0.3, -0.25) is 4.79 Å². The van der Waals surface area contributed by atoms with Crippen LogP contribution in [0.5, 0.6) is 0 Å². The molecule has 78 valence electrons. The molecule has 0 saturated carbocycles. The first kappa shape index (κ1) is 12.5. The number of aliphatic carboxylic acids is 1. The Kier molecular flexibility index (Phi) is 6.65. The van der Waals surface area contributed by atoms with Gasteiger partial charge in [0.05, 0.1) is 5.92 Å².